The van der Waals surface area contributed by atoms with Crippen molar-refractivity contribution in [3.05, 3.63) is 246 Å². The van der Waals surface area contributed by atoms with E-state index in [1.807, 2.05) is 12.1 Å². The lowest BCUT2D eigenvalue weighted by molar-refractivity contribution is 0.406. The molecule has 0 radical (unpaired) electrons. The number of rotatable bonds is 0. The number of nitriles is 10. The summed E-state index contributed by atoms with van der Waals surface area (Å²) >= 11 is 25.5. The van der Waals surface area contributed by atoms with E-state index in [9.17, 15) is 79.8 Å². The number of allylic oxidation sites excluding steroid dienone is 14. The predicted octanol–water partition coefficient (Wildman–Crippen LogP) is 16.9. The van der Waals surface area contributed by atoms with Crippen molar-refractivity contribution in [3.8, 4) is 61.7 Å². The lowest BCUT2D eigenvalue weighted by Gasteiger charge is -2.17. The van der Waals surface area contributed by atoms with Gasteiger partial charge in [0.15, 0.2) is 110 Å². The Labute approximate surface area is 651 Å². The van der Waals surface area contributed by atoms with Gasteiger partial charge in [0.25, 0.3) is 10.0 Å². The zero-order chi connectivity index (χ0) is 85.9. The molecule has 0 atom stereocenters. The second kappa shape index (κ2) is 41.8. The predicted molar refractivity (Wildman–Crippen MR) is 374 cm³/mol. The molecule has 2 heterocycles. The molecule has 0 aliphatic heterocycles. The Morgan fingerprint density at radius 3 is 1.12 bits per heavy atom. The number of aliphatic imine (C=N–C) groups is 4. The van der Waals surface area contributed by atoms with E-state index in [0.29, 0.717) is 0 Å². The average Bonchev–Trinajstić information content (AvgIpc) is 0.731. The monoisotopic (exact) mass is 1700 g/mol. The molecule has 9 rings (SSSR count). The van der Waals surface area contributed by atoms with Crippen LogP contribution in [0.1, 0.15) is 27.8 Å². The second-order valence-corrected chi connectivity index (χ2v) is 23.7. The van der Waals surface area contributed by atoms with Crippen LogP contribution in [0.15, 0.2) is 129 Å². The largest absolute Gasteiger partial charge is 0.287 e. The number of nitrogens with zero attached hydrogens (tertiary/aromatic N) is 24. The Hall–Kier alpha value is -15.2. The number of hydrogen-bond acceptors (Lipinski definition) is 24. The molecule has 0 fully saturated rings. The van der Waals surface area contributed by atoms with Gasteiger partial charge >= 0.3 is 0 Å². The second-order valence-electron chi connectivity index (χ2n) is 18.1. The molecule has 0 saturated carbocycles. The minimum absolute atomic E-state index is 0.0566. The molecule has 0 saturated heterocycles. The van der Waals surface area contributed by atoms with E-state index < -0.39 is 181 Å². The molecular weight excluding hydrogens is 1700 g/mol. The minimum Gasteiger partial charge on any atom is -0.287 e. The summed E-state index contributed by atoms with van der Waals surface area (Å²) in [7, 11) is 0. The zero-order valence-electron chi connectivity index (χ0n) is 53.0. The van der Waals surface area contributed by atoms with Gasteiger partial charge in [-0.05, 0) is 19.1 Å². The standard InChI is InChI=1S/C14N4O2S4.C12F6N4.C12H3F4N3.C8Cl2F2N4.C8H2Cl2N4.C8F4N4.CHN/c1-17-13-14(18-2)24-12-8(20)10-9(7(19)11(12)23-13)21-5(3-15)6(4-16)22-10;1-20-22-12-4-3(5(13)7(15)8(16)6(4)14)11(21-2-19)9(17)10(12)18;1-5(2-17)7-9(13)11(15)8(6(3-18)4-19)12(16)10(7)14;1-14-16-8-4(10)5(11)7(15-2-13)3(9)6(8)12;1-12-14-8-3-5(9)7(13-4-11)2-6(8)10;1-14-16-8-5(11)3(9)7(15-2-13)4(10)6(8)12;1-2/h;;1H3;;2-3H;;1H/b;21-11?,22-12+;;15-7?,16-8-;13-7?,14-8-;;. The maximum Gasteiger partial charge on any atom is 0.259 e. The van der Waals surface area contributed by atoms with Crippen LogP contribution in [0.2, 0.25) is 0 Å². The molecule has 3 aromatic carbocycles. The highest BCUT2D eigenvalue weighted by Gasteiger charge is 2.41. The van der Waals surface area contributed by atoms with Crippen molar-refractivity contribution in [2.45, 2.75) is 6.92 Å². The molecule has 4 aliphatic rings. The molecule has 554 valence electrons. The summed E-state index contributed by atoms with van der Waals surface area (Å²) in [6.45, 7) is 44.3. The summed E-state index contributed by atoms with van der Waals surface area (Å²) in [5, 5.41) is 91.4. The number of benzene rings is 3. The molecule has 0 unspecified atom stereocenters. The molecule has 2 aromatic heterocycles. The lowest BCUT2D eigenvalue weighted by atomic mass is 9.90. The SMILES string of the molecule is C#N.CC(C#N)=c1c(F)c(F)c(=C(C#N)C#N)c(F)c1F.[C-]#[N+]/N=C1/C(F)=C(F)C(=NC#N)c2c(F)c(F)c(F)c(F)c21.[C-]#[N+]/N=C1/C=C(Cl)C(=NC#N)C=C1Cl.[C-]#[N+]/N=C1\C(F)=C(Cl)C(=NC#N)C(F)=C1Cl.[C-]#[N+]N=C1C(F)=C(F)C(=NC#N)C(F)=C1F.[C-]#[N+]c1sc2c(=O)c3sc(C#N)c(C#N)sc3c(=O)c2sc1[N+]#[C-]. The van der Waals surface area contributed by atoms with Gasteiger partial charge in [-0.25, -0.2) is 85.2 Å². The Morgan fingerprint density at radius 2 is 0.717 bits per heavy atom. The minimum atomic E-state index is -2.31. The van der Waals surface area contributed by atoms with Crippen molar-refractivity contribution in [1.82, 2.24) is 0 Å². The Kier molecular flexibility index (Phi) is 34.0. The summed E-state index contributed by atoms with van der Waals surface area (Å²) in [6.07, 6.45) is 7.61. The third-order valence-electron chi connectivity index (χ3n) is 12.2. The van der Waals surface area contributed by atoms with Crippen LogP contribution in [0, 0.1) is 200 Å². The van der Waals surface area contributed by atoms with E-state index in [1.54, 1.807) is 6.19 Å². The fraction of sp³-hybridized carbons (Fsp3) is 0.0159. The van der Waals surface area contributed by atoms with Crippen LogP contribution in [-0.2, 0) is 0 Å². The molecule has 4 aliphatic carbocycles. The molecule has 0 amide bonds. The fourth-order valence-electron chi connectivity index (χ4n) is 7.62. The Morgan fingerprint density at radius 1 is 0.389 bits per heavy atom. The van der Waals surface area contributed by atoms with Crippen LogP contribution in [0.25, 0.3) is 59.5 Å². The van der Waals surface area contributed by atoms with Crippen LogP contribution in [0.3, 0.4) is 0 Å². The first kappa shape index (κ1) is 92.0. The van der Waals surface area contributed by atoms with Gasteiger partial charge in [-0.2, -0.15) is 116 Å². The summed E-state index contributed by atoms with van der Waals surface area (Å²) in [6, 6.07) is 7.35. The van der Waals surface area contributed by atoms with Crippen molar-refractivity contribution in [2.24, 2.45) is 40.4 Å². The summed E-state index contributed by atoms with van der Waals surface area (Å²) < 4.78 is 215. The van der Waals surface area contributed by atoms with Crippen molar-refractivity contribution < 1.29 is 70.2 Å². The van der Waals surface area contributed by atoms with Crippen molar-refractivity contribution in [3.63, 3.8) is 0 Å². The molecule has 5 aromatic rings. The third kappa shape index (κ3) is 19.6. The van der Waals surface area contributed by atoms with Crippen molar-refractivity contribution in [2.75, 3.05) is 0 Å². The summed E-state index contributed by atoms with van der Waals surface area (Å²) in [4.78, 5) is 53.7. The zero-order valence-corrected chi connectivity index (χ0v) is 59.3. The lowest BCUT2D eigenvalue weighted by Crippen LogP contribution is -2.30. The van der Waals surface area contributed by atoms with E-state index >= 15 is 0 Å². The fourth-order valence-corrected chi connectivity index (χ4v) is 12.6. The van der Waals surface area contributed by atoms with E-state index in [-0.39, 0.29) is 60.0 Å². The smallest absolute Gasteiger partial charge is 0.259 e. The van der Waals surface area contributed by atoms with Crippen molar-refractivity contribution in [1.29, 1.82) is 52.6 Å². The van der Waals surface area contributed by atoms with E-state index in [0.717, 1.165) is 76.8 Å². The van der Waals surface area contributed by atoms with E-state index in [4.69, 9.17) is 138 Å². The molecular formula is C63H6Cl4F16N24O2S4. The van der Waals surface area contributed by atoms with Gasteiger partial charge in [-0.15, -0.1) is 42.5 Å². The number of hydrogen-bond donors (Lipinski definition) is 0. The number of fused-ring (bicyclic) bond motifs is 3. The average molecular weight is 1700 g/mol. The van der Waals surface area contributed by atoms with E-state index in [2.05, 4.69) is 76.5 Å². The normalized spacial score (nSPS) is 14.9. The summed E-state index contributed by atoms with van der Waals surface area (Å²) in [5.41, 5.74) is -11.7. The molecule has 0 spiro atoms. The van der Waals surface area contributed by atoms with Gasteiger partial charge in [0, 0.05) is 12.1 Å². The first-order valence-corrected chi connectivity index (χ1v) is 31.3. The highest BCUT2D eigenvalue weighted by Crippen LogP contribution is 2.43. The van der Waals surface area contributed by atoms with Crippen LogP contribution in [-0.4, -0.2) is 45.7 Å². The van der Waals surface area contributed by atoms with Crippen LogP contribution in [0.4, 0.5) is 80.2 Å². The summed E-state index contributed by atoms with van der Waals surface area (Å²) in [5.74, 6) is -30.0. The maximum atomic E-state index is 13.8. The quantitative estimate of drug-likeness (QED) is 0.0204. The molecule has 0 N–H and O–H groups in total. The van der Waals surface area contributed by atoms with Gasteiger partial charge in [0.05, 0.1) is 95.8 Å². The maximum absolute atomic E-state index is 13.8. The van der Waals surface area contributed by atoms with Crippen LogP contribution in [0.5, 0.6) is 0 Å². The van der Waals surface area contributed by atoms with Gasteiger partial charge in [-0.1, -0.05) is 46.4 Å². The number of halogens is 20. The van der Waals surface area contributed by atoms with Gasteiger partial charge < -0.3 is 0 Å². The van der Waals surface area contributed by atoms with Gasteiger partial charge in [0.1, 0.15) is 61.1 Å². The van der Waals surface area contributed by atoms with E-state index in [1.165, 1.54) is 24.4 Å². The van der Waals surface area contributed by atoms with Crippen LogP contribution >= 0.6 is 91.8 Å². The highest BCUT2D eigenvalue weighted by molar-refractivity contribution is 7.35. The van der Waals surface area contributed by atoms with Crippen LogP contribution < -0.4 is 21.3 Å². The Bertz CT molecular complexity index is 6000. The topological polar surface area (TPSA) is 397 Å². The highest BCUT2D eigenvalue weighted by atomic mass is 35.5. The Balaban J connectivity index is 0.000000353. The van der Waals surface area contributed by atoms with Gasteiger partial charge in [0.2, 0.25) is 47.1 Å². The van der Waals surface area contributed by atoms with Crippen molar-refractivity contribution >= 4 is 177 Å². The molecule has 0 bridgehead atoms. The first-order valence-electron chi connectivity index (χ1n) is 26.5. The third-order valence-corrected chi connectivity index (χ3v) is 18.3. The molecule has 113 heavy (non-hydrogen) atoms. The first-order chi connectivity index (χ1) is 53.6. The van der Waals surface area contributed by atoms with Gasteiger partial charge in [-0.3, -0.25) is 9.59 Å². The molecule has 50 heteroatoms. The molecule has 26 nitrogen and oxygen atoms in total.